The minimum atomic E-state index is -1.25. The van der Waals surface area contributed by atoms with Crippen molar-refractivity contribution < 1.29 is 29.0 Å². The molecule has 0 saturated carbocycles. The van der Waals surface area contributed by atoms with E-state index in [0.29, 0.717) is 5.56 Å². The molecule has 0 aliphatic heterocycles. The summed E-state index contributed by atoms with van der Waals surface area (Å²) >= 11 is 0. The van der Waals surface area contributed by atoms with E-state index in [-0.39, 0.29) is 19.6 Å². The second kappa shape index (κ2) is 10.6. The monoisotopic (exact) mass is 348 g/mol. The van der Waals surface area contributed by atoms with Gasteiger partial charge in [-0.25, -0.2) is 9.59 Å². The molecular weight excluding hydrogens is 328 g/mol. The summed E-state index contributed by atoms with van der Waals surface area (Å²) in [5.41, 5.74) is 0.391. The summed E-state index contributed by atoms with van der Waals surface area (Å²) in [6.45, 7) is 1.50. The van der Waals surface area contributed by atoms with Crippen LogP contribution in [0.15, 0.2) is 42.5 Å². The first-order valence-electron chi connectivity index (χ1n) is 7.62. The van der Waals surface area contributed by atoms with Crippen molar-refractivity contribution in [3.05, 3.63) is 48.0 Å². The SMILES string of the molecule is CCOC(=O)/C=C/C[C@H](NC(=O)CNC(=O)c1ccccc1)C(=O)O. The summed E-state index contributed by atoms with van der Waals surface area (Å²) in [5.74, 6) is -2.93. The van der Waals surface area contributed by atoms with Gasteiger partial charge >= 0.3 is 11.9 Å². The van der Waals surface area contributed by atoms with Crippen molar-refractivity contribution in [1.29, 1.82) is 0 Å². The van der Waals surface area contributed by atoms with Crippen LogP contribution in [0.1, 0.15) is 23.7 Å². The number of esters is 1. The van der Waals surface area contributed by atoms with E-state index in [1.54, 1.807) is 37.3 Å². The molecule has 3 N–H and O–H groups in total. The Bertz CT molecular complexity index is 642. The number of carbonyl (C=O) groups is 4. The van der Waals surface area contributed by atoms with Crippen molar-refractivity contribution in [2.75, 3.05) is 13.2 Å². The maximum absolute atomic E-state index is 11.8. The molecule has 1 rings (SSSR count). The minimum Gasteiger partial charge on any atom is -0.480 e. The van der Waals surface area contributed by atoms with Gasteiger partial charge in [-0.3, -0.25) is 9.59 Å². The molecule has 134 valence electrons. The average molecular weight is 348 g/mol. The molecule has 8 heteroatoms. The Labute approximate surface area is 144 Å². The normalized spacial score (nSPS) is 11.6. The first-order chi connectivity index (χ1) is 11.9. The Morgan fingerprint density at radius 1 is 1.20 bits per heavy atom. The predicted octanol–water partition coefficient (Wildman–Crippen LogP) is 0.495. The second-order valence-corrected chi connectivity index (χ2v) is 4.90. The number of carboxylic acids is 1. The third kappa shape index (κ3) is 7.78. The smallest absolute Gasteiger partial charge is 0.330 e. The van der Waals surface area contributed by atoms with Crippen molar-refractivity contribution in [1.82, 2.24) is 10.6 Å². The van der Waals surface area contributed by atoms with Gasteiger partial charge in [0.15, 0.2) is 0 Å². The quantitative estimate of drug-likeness (QED) is 0.441. The molecular formula is C17H20N2O6. The van der Waals surface area contributed by atoms with E-state index in [1.807, 2.05) is 0 Å². The molecule has 0 aliphatic rings. The van der Waals surface area contributed by atoms with Gasteiger partial charge in [-0.2, -0.15) is 0 Å². The lowest BCUT2D eigenvalue weighted by Gasteiger charge is -2.13. The molecule has 1 atom stereocenters. The maximum atomic E-state index is 11.8. The number of hydrogen-bond acceptors (Lipinski definition) is 5. The number of ether oxygens (including phenoxy) is 1. The lowest BCUT2D eigenvalue weighted by Crippen LogP contribution is -2.45. The Morgan fingerprint density at radius 3 is 2.48 bits per heavy atom. The van der Waals surface area contributed by atoms with Gasteiger partial charge < -0.3 is 20.5 Å². The highest BCUT2D eigenvalue weighted by atomic mass is 16.5. The highest BCUT2D eigenvalue weighted by Gasteiger charge is 2.19. The minimum absolute atomic E-state index is 0.0908. The summed E-state index contributed by atoms with van der Waals surface area (Å²) < 4.78 is 4.66. The van der Waals surface area contributed by atoms with Crippen LogP contribution in [-0.2, 0) is 19.1 Å². The number of carbonyl (C=O) groups excluding carboxylic acids is 3. The van der Waals surface area contributed by atoms with Gasteiger partial charge in [0.2, 0.25) is 5.91 Å². The predicted molar refractivity (Wildman–Crippen MR) is 88.7 cm³/mol. The zero-order chi connectivity index (χ0) is 18.7. The first-order valence-corrected chi connectivity index (χ1v) is 7.62. The Balaban J connectivity index is 2.46. The fourth-order valence-corrected chi connectivity index (χ4v) is 1.81. The molecule has 1 aromatic rings. The van der Waals surface area contributed by atoms with Crippen molar-refractivity contribution >= 4 is 23.8 Å². The Morgan fingerprint density at radius 2 is 1.88 bits per heavy atom. The molecule has 0 saturated heterocycles. The number of nitrogens with one attached hydrogen (secondary N) is 2. The fourth-order valence-electron chi connectivity index (χ4n) is 1.81. The van der Waals surface area contributed by atoms with E-state index in [2.05, 4.69) is 15.4 Å². The molecule has 2 amide bonds. The van der Waals surface area contributed by atoms with Gasteiger partial charge in [0.05, 0.1) is 13.2 Å². The zero-order valence-corrected chi connectivity index (χ0v) is 13.7. The Hall–Kier alpha value is -3.16. The molecule has 0 spiro atoms. The molecule has 0 bridgehead atoms. The first kappa shape index (κ1) is 19.9. The van der Waals surface area contributed by atoms with Crippen molar-refractivity contribution in [2.45, 2.75) is 19.4 Å². The van der Waals surface area contributed by atoms with Crippen LogP contribution < -0.4 is 10.6 Å². The largest absolute Gasteiger partial charge is 0.480 e. The van der Waals surface area contributed by atoms with Crippen LogP contribution in [0.5, 0.6) is 0 Å². The molecule has 0 fully saturated rings. The zero-order valence-electron chi connectivity index (χ0n) is 13.7. The van der Waals surface area contributed by atoms with Crippen molar-refractivity contribution in [3.63, 3.8) is 0 Å². The van der Waals surface area contributed by atoms with Crippen LogP contribution in [0.4, 0.5) is 0 Å². The third-order valence-corrected chi connectivity index (χ3v) is 2.99. The standard InChI is InChI=1S/C17H20N2O6/c1-2-25-15(21)10-6-9-13(17(23)24)19-14(20)11-18-16(22)12-7-4-3-5-8-12/h3-8,10,13H,2,9,11H2,1H3,(H,18,22)(H,19,20)(H,23,24)/b10-6+/t13-/m0/s1. The van der Waals surface area contributed by atoms with E-state index in [1.165, 1.54) is 6.08 Å². The number of amides is 2. The molecule has 8 nitrogen and oxygen atoms in total. The second-order valence-electron chi connectivity index (χ2n) is 4.90. The number of carboxylic acid groups (broad SMARTS) is 1. The van der Waals surface area contributed by atoms with E-state index in [4.69, 9.17) is 5.11 Å². The highest BCUT2D eigenvalue weighted by molar-refractivity contribution is 5.96. The van der Waals surface area contributed by atoms with Gasteiger partial charge in [0.1, 0.15) is 6.04 Å². The maximum Gasteiger partial charge on any atom is 0.330 e. The van der Waals surface area contributed by atoms with Gasteiger partial charge in [-0.1, -0.05) is 24.3 Å². The lowest BCUT2D eigenvalue weighted by atomic mass is 10.2. The number of hydrogen-bond donors (Lipinski definition) is 3. The molecule has 0 aromatic heterocycles. The summed E-state index contributed by atoms with van der Waals surface area (Å²) in [7, 11) is 0. The number of benzene rings is 1. The van der Waals surface area contributed by atoms with E-state index < -0.39 is 29.8 Å². The van der Waals surface area contributed by atoms with Crippen molar-refractivity contribution in [3.8, 4) is 0 Å². The van der Waals surface area contributed by atoms with Crippen molar-refractivity contribution in [2.24, 2.45) is 0 Å². The summed E-state index contributed by atoms with van der Waals surface area (Å²) in [6.07, 6.45) is 2.31. The van der Waals surface area contributed by atoms with E-state index >= 15 is 0 Å². The Kier molecular flexibility index (Phi) is 8.42. The van der Waals surface area contributed by atoms with Crippen LogP contribution in [0, 0.1) is 0 Å². The van der Waals surface area contributed by atoms with Gasteiger partial charge in [0.25, 0.3) is 5.91 Å². The summed E-state index contributed by atoms with van der Waals surface area (Å²) in [5, 5.41) is 13.8. The summed E-state index contributed by atoms with van der Waals surface area (Å²) in [4.78, 5) is 45.9. The number of aliphatic carboxylic acids is 1. The van der Waals surface area contributed by atoms with Gasteiger partial charge in [0, 0.05) is 11.6 Å². The van der Waals surface area contributed by atoms with Crippen LogP contribution >= 0.6 is 0 Å². The third-order valence-electron chi connectivity index (χ3n) is 2.99. The van der Waals surface area contributed by atoms with Gasteiger partial charge in [-0.05, 0) is 25.5 Å². The van der Waals surface area contributed by atoms with E-state index in [9.17, 15) is 19.2 Å². The lowest BCUT2D eigenvalue weighted by molar-refractivity contribution is -0.141. The van der Waals surface area contributed by atoms with Crippen LogP contribution in [-0.4, -0.2) is 48.1 Å². The van der Waals surface area contributed by atoms with Gasteiger partial charge in [-0.15, -0.1) is 0 Å². The summed E-state index contributed by atoms with van der Waals surface area (Å²) in [6, 6.07) is 7.09. The average Bonchev–Trinajstić information content (AvgIpc) is 2.59. The van der Waals surface area contributed by atoms with Crippen LogP contribution in [0.2, 0.25) is 0 Å². The highest BCUT2D eigenvalue weighted by Crippen LogP contribution is 1.98. The molecule has 0 heterocycles. The molecule has 0 unspecified atom stereocenters. The number of rotatable bonds is 9. The fraction of sp³-hybridized carbons (Fsp3) is 0.294. The van der Waals surface area contributed by atoms with Crippen LogP contribution in [0.3, 0.4) is 0 Å². The molecule has 0 aliphatic carbocycles. The van der Waals surface area contributed by atoms with Crippen LogP contribution in [0.25, 0.3) is 0 Å². The molecule has 25 heavy (non-hydrogen) atoms. The topological polar surface area (TPSA) is 122 Å². The molecule has 1 aromatic carbocycles. The van der Waals surface area contributed by atoms with E-state index in [0.717, 1.165) is 6.08 Å². The molecule has 0 radical (unpaired) electrons.